The van der Waals surface area contributed by atoms with E-state index in [1.165, 1.54) is 4.31 Å². The van der Waals surface area contributed by atoms with E-state index < -0.39 is 10.0 Å². The number of nitrogens with one attached hydrogen (secondary N) is 1. The molecule has 1 aliphatic heterocycles. The number of aryl methyl sites for hydroxylation is 1. The van der Waals surface area contributed by atoms with Gasteiger partial charge in [0.2, 0.25) is 15.9 Å². The Balaban J connectivity index is 1.81. The number of hydrogen-bond donors (Lipinski definition) is 1. The maximum Gasteiger partial charge on any atom is 0.245 e. The van der Waals surface area contributed by atoms with E-state index in [1.54, 1.807) is 18.3 Å². The van der Waals surface area contributed by atoms with Crippen LogP contribution in [0.4, 0.5) is 0 Å². The highest BCUT2D eigenvalue weighted by molar-refractivity contribution is 7.89. The minimum absolute atomic E-state index is 0.0133. The van der Waals surface area contributed by atoms with E-state index in [-0.39, 0.29) is 22.8 Å². The van der Waals surface area contributed by atoms with Gasteiger partial charge in [0.15, 0.2) is 0 Å². The molecule has 0 bridgehead atoms. The van der Waals surface area contributed by atoms with Crippen LogP contribution in [0.2, 0.25) is 0 Å². The molecule has 0 unspecified atom stereocenters. The molecular weight excluding hydrogens is 350 g/mol. The molecule has 1 amide bonds. The molecule has 0 saturated carbocycles. The fourth-order valence-corrected chi connectivity index (χ4v) is 4.99. The Hall–Kier alpha value is -1.99. The summed E-state index contributed by atoms with van der Waals surface area (Å²) in [7, 11) is -3.63. The van der Waals surface area contributed by atoms with E-state index in [0.717, 1.165) is 10.9 Å². The second-order valence-electron chi connectivity index (χ2n) is 7.18. The van der Waals surface area contributed by atoms with Crippen molar-refractivity contribution in [1.82, 2.24) is 14.6 Å². The van der Waals surface area contributed by atoms with Crippen LogP contribution < -0.4 is 5.32 Å². The number of benzene rings is 1. The molecule has 0 radical (unpaired) electrons. The molecule has 1 fully saturated rings. The third-order valence-corrected chi connectivity index (χ3v) is 6.61. The van der Waals surface area contributed by atoms with Gasteiger partial charge in [0.05, 0.1) is 5.52 Å². The molecule has 0 atom stereocenters. The number of para-hydroxylation sites is 1. The highest BCUT2D eigenvalue weighted by Crippen LogP contribution is 2.28. The van der Waals surface area contributed by atoms with Gasteiger partial charge in [-0.15, -0.1) is 0 Å². The number of pyridine rings is 1. The van der Waals surface area contributed by atoms with Gasteiger partial charge in [-0.25, -0.2) is 8.42 Å². The van der Waals surface area contributed by atoms with Crippen molar-refractivity contribution in [2.24, 2.45) is 5.92 Å². The number of piperidine rings is 1. The van der Waals surface area contributed by atoms with Crippen molar-refractivity contribution in [3.05, 3.63) is 36.0 Å². The van der Waals surface area contributed by atoms with Gasteiger partial charge in [0.25, 0.3) is 0 Å². The summed E-state index contributed by atoms with van der Waals surface area (Å²) in [4.78, 5) is 16.7. The van der Waals surface area contributed by atoms with Crippen molar-refractivity contribution in [2.45, 2.75) is 44.6 Å². The van der Waals surface area contributed by atoms with Crippen LogP contribution in [0.1, 0.15) is 32.3 Å². The van der Waals surface area contributed by atoms with E-state index in [9.17, 15) is 13.2 Å². The molecule has 140 valence electrons. The van der Waals surface area contributed by atoms with E-state index in [1.807, 2.05) is 32.9 Å². The van der Waals surface area contributed by atoms with Gasteiger partial charge in [-0.1, -0.05) is 12.1 Å². The van der Waals surface area contributed by atoms with Crippen LogP contribution in [-0.2, 0) is 14.8 Å². The first kappa shape index (κ1) is 18.8. The maximum absolute atomic E-state index is 13.1. The zero-order chi connectivity index (χ0) is 18.9. The largest absolute Gasteiger partial charge is 0.354 e. The van der Waals surface area contributed by atoms with Gasteiger partial charge >= 0.3 is 0 Å². The van der Waals surface area contributed by atoms with Crippen LogP contribution in [0.5, 0.6) is 0 Å². The first-order chi connectivity index (χ1) is 12.3. The summed E-state index contributed by atoms with van der Waals surface area (Å²) < 4.78 is 27.7. The van der Waals surface area contributed by atoms with Crippen molar-refractivity contribution >= 4 is 26.8 Å². The minimum Gasteiger partial charge on any atom is -0.354 e. The summed E-state index contributed by atoms with van der Waals surface area (Å²) in [6, 6.07) is 7.26. The lowest BCUT2D eigenvalue weighted by molar-refractivity contribution is -0.126. The fraction of sp³-hybridized carbons (Fsp3) is 0.474. The predicted molar refractivity (Wildman–Crippen MR) is 101 cm³/mol. The Kier molecular flexibility index (Phi) is 5.29. The average Bonchev–Trinajstić information content (AvgIpc) is 2.60. The van der Waals surface area contributed by atoms with Gasteiger partial charge in [-0.05, 0) is 51.3 Å². The lowest BCUT2D eigenvalue weighted by Crippen LogP contribution is -2.44. The smallest absolute Gasteiger partial charge is 0.245 e. The van der Waals surface area contributed by atoms with Crippen molar-refractivity contribution in [2.75, 3.05) is 13.1 Å². The number of carbonyl (C=O) groups excluding carboxylic acids is 1. The van der Waals surface area contributed by atoms with Gasteiger partial charge in [-0.2, -0.15) is 4.31 Å². The Labute approximate surface area is 154 Å². The highest BCUT2D eigenvalue weighted by Gasteiger charge is 2.33. The van der Waals surface area contributed by atoms with Gasteiger partial charge in [0.1, 0.15) is 4.90 Å². The topological polar surface area (TPSA) is 79.4 Å². The standard InChI is InChI=1S/C19H25N3O3S/c1-13(2)21-19(23)15-7-9-22(10-8-15)26(24,25)17-6-4-5-16-11-14(3)12-20-18(16)17/h4-6,11-13,15H,7-10H2,1-3H3,(H,21,23). The number of sulfonamides is 1. The molecule has 2 aromatic rings. The van der Waals surface area contributed by atoms with E-state index >= 15 is 0 Å². The van der Waals surface area contributed by atoms with E-state index in [0.29, 0.717) is 31.4 Å². The van der Waals surface area contributed by atoms with Crippen molar-refractivity contribution in [3.8, 4) is 0 Å². The molecule has 1 saturated heterocycles. The van der Waals surface area contributed by atoms with Gasteiger partial charge in [0, 0.05) is 36.6 Å². The number of aromatic nitrogens is 1. The Bertz CT molecular complexity index is 917. The third-order valence-electron chi connectivity index (χ3n) is 4.68. The maximum atomic E-state index is 13.1. The molecule has 1 aliphatic rings. The van der Waals surface area contributed by atoms with Crippen LogP contribution >= 0.6 is 0 Å². The first-order valence-corrected chi connectivity index (χ1v) is 10.4. The Morgan fingerprint density at radius 3 is 2.62 bits per heavy atom. The Morgan fingerprint density at radius 1 is 1.27 bits per heavy atom. The number of fused-ring (bicyclic) bond motifs is 1. The second-order valence-corrected chi connectivity index (χ2v) is 9.09. The van der Waals surface area contributed by atoms with Crippen LogP contribution in [0.25, 0.3) is 10.9 Å². The highest BCUT2D eigenvalue weighted by atomic mass is 32.2. The predicted octanol–water partition coefficient (Wildman–Crippen LogP) is 2.47. The molecule has 7 heteroatoms. The lowest BCUT2D eigenvalue weighted by atomic mass is 9.97. The molecule has 1 aromatic heterocycles. The summed E-state index contributed by atoms with van der Waals surface area (Å²) >= 11 is 0. The van der Waals surface area contributed by atoms with E-state index in [2.05, 4.69) is 10.3 Å². The fourth-order valence-electron chi connectivity index (χ4n) is 3.35. The quantitative estimate of drug-likeness (QED) is 0.890. The molecule has 1 aromatic carbocycles. The molecule has 0 spiro atoms. The second kappa shape index (κ2) is 7.32. The van der Waals surface area contributed by atoms with Crippen molar-refractivity contribution < 1.29 is 13.2 Å². The average molecular weight is 375 g/mol. The number of amides is 1. The monoisotopic (exact) mass is 375 g/mol. The van der Waals surface area contributed by atoms with Crippen LogP contribution in [0.3, 0.4) is 0 Å². The normalized spacial score (nSPS) is 16.9. The molecule has 3 rings (SSSR count). The summed E-state index contributed by atoms with van der Waals surface area (Å²) in [5.41, 5.74) is 1.49. The number of hydrogen-bond acceptors (Lipinski definition) is 4. The molecule has 0 aliphatic carbocycles. The summed E-state index contributed by atoms with van der Waals surface area (Å²) in [5, 5.41) is 3.73. The number of rotatable bonds is 4. The molecule has 26 heavy (non-hydrogen) atoms. The van der Waals surface area contributed by atoms with E-state index in [4.69, 9.17) is 0 Å². The Morgan fingerprint density at radius 2 is 1.96 bits per heavy atom. The van der Waals surface area contributed by atoms with Crippen LogP contribution in [-0.4, -0.2) is 42.7 Å². The van der Waals surface area contributed by atoms with Crippen LogP contribution in [0.15, 0.2) is 35.4 Å². The first-order valence-electron chi connectivity index (χ1n) is 8.95. The molecule has 1 N–H and O–H groups in total. The summed E-state index contributed by atoms with van der Waals surface area (Å²) in [6.07, 6.45) is 2.76. The zero-order valence-electron chi connectivity index (χ0n) is 15.4. The summed E-state index contributed by atoms with van der Waals surface area (Å²) in [5.74, 6) is -0.114. The molecule has 6 nitrogen and oxygen atoms in total. The zero-order valence-corrected chi connectivity index (χ0v) is 16.2. The molecule has 2 heterocycles. The lowest BCUT2D eigenvalue weighted by Gasteiger charge is -2.31. The number of nitrogens with zero attached hydrogens (tertiary/aromatic N) is 2. The van der Waals surface area contributed by atoms with Gasteiger partial charge in [-0.3, -0.25) is 9.78 Å². The van der Waals surface area contributed by atoms with Crippen molar-refractivity contribution in [1.29, 1.82) is 0 Å². The molecular formula is C19H25N3O3S. The number of carbonyl (C=O) groups is 1. The van der Waals surface area contributed by atoms with Crippen LogP contribution in [0, 0.1) is 12.8 Å². The SMILES string of the molecule is Cc1cnc2c(S(=O)(=O)N3CCC(C(=O)NC(C)C)CC3)cccc2c1. The third kappa shape index (κ3) is 3.73. The minimum atomic E-state index is -3.63. The van der Waals surface area contributed by atoms with Crippen molar-refractivity contribution in [3.63, 3.8) is 0 Å². The summed E-state index contributed by atoms with van der Waals surface area (Å²) in [6.45, 7) is 6.47. The van der Waals surface area contributed by atoms with Gasteiger partial charge < -0.3 is 5.32 Å².